The van der Waals surface area contributed by atoms with E-state index in [1.807, 2.05) is 6.92 Å². The molecule has 5 nitrogen and oxygen atoms in total. The number of benzene rings is 1. The van der Waals surface area contributed by atoms with Gasteiger partial charge in [0.2, 0.25) is 5.91 Å². The molecule has 2 saturated heterocycles. The summed E-state index contributed by atoms with van der Waals surface area (Å²) in [5.41, 5.74) is 0.0385. The van der Waals surface area contributed by atoms with Gasteiger partial charge < -0.3 is 4.90 Å². The van der Waals surface area contributed by atoms with Gasteiger partial charge in [0.05, 0.1) is 23.2 Å². The molecule has 0 spiro atoms. The van der Waals surface area contributed by atoms with Crippen molar-refractivity contribution in [1.82, 2.24) is 0 Å². The molecule has 0 saturated carbocycles. The second-order valence-electron chi connectivity index (χ2n) is 5.80. The van der Waals surface area contributed by atoms with E-state index in [2.05, 4.69) is 4.99 Å². The lowest BCUT2D eigenvalue weighted by atomic mass is 10.2. The standard InChI is InChI=1S/C15H16F2N2O3S2/c1-2-3-14(20)18-15-19(11-5-4-9(16)6-10(11)17)12-7-24(21,22)8-13(12)23-15/h4-6,12-13H,2-3,7-8H2,1H3/t12-,13+/m1/s1. The number of thioether (sulfide) groups is 1. The van der Waals surface area contributed by atoms with Gasteiger partial charge in [-0.1, -0.05) is 18.7 Å². The molecule has 2 fully saturated rings. The van der Waals surface area contributed by atoms with Crippen LogP contribution in [0.4, 0.5) is 14.5 Å². The van der Waals surface area contributed by atoms with E-state index in [0.717, 1.165) is 12.1 Å². The van der Waals surface area contributed by atoms with Crippen molar-refractivity contribution in [1.29, 1.82) is 0 Å². The summed E-state index contributed by atoms with van der Waals surface area (Å²) in [5.74, 6) is -2.05. The molecule has 1 amide bonds. The Morgan fingerprint density at radius 2 is 2.12 bits per heavy atom. The number of hydrogen-bond donors (Lipinski definition) is 0. The van der Waals surface area contributed by atoms with Crippen LogP contribution in [0.1, 0.15) is 19.8 Å². The lowest BCUT2D eigenvalue weighted by molar-refractivity contribution is -0.117. The van der Waals surface area contributed by atoms with Crippen LogP contribution in [0, 0.1) is 11.6 Å². The topological polar surface area (TPSA) is 66.8 Å². The zero-order valence-corrected chi connectivity index (χ0v) is 14.5. The van der Waals surface area contributed by atoms with E-state index in [-0.39, 0.29) is 39.9 Å². The number of hydrogen-bond acceptors (Lipinski definition) is 4. The summed E-state index contributed by atoms with van der Waals surface area (Å²) < 4.78 is 51.2. The number of aliphatic imine (C=N–C) groups is 1. The SMILES string of the molecule is CCCC(=O)N=C1S[C@H]2CS(=O)(=O)C[C@H]2N1c1ccc(F)cc1F. The molecule has 0 radical (unpaired) electrons. The zero-order chi connectivity index (χ0) is 17.5. The lowest BCUT2D eigenvalue weighted by Gasteiger charge is -2.24. The second-order valence-corrected chi connectivity index (χ2v) is 9.16. The maximum absolute atomic E-state index is 14.2. The summed E-state index contributed by atoms with van der Waals surface area (Å²) in [5, 5.41) is -0.0310. The molecule has 9 heteroatoms. The second kappa shape index (κ2) is 6.44. The molecule has 2 heterocycles. The molecule has 2 aliphatic heterocycles. The van der Waals surface area contributed by atoms with Gasteiger partial charge in [-0.05, 0) is 18.6 Å². The summed E-state index contributed by atoms with van der Waals surface area (Å²) in [6.07, 6.45) is 0.893. The van der Waals surface area contributed by atoms with Crippen LogP contribution < -0.4 is 4.90 Å². The van der Waals surface area contributed by atoms with Gasteiger partial charge in [-0.3, -0.25) is 4.79 Å². The van der Waals surface area contributed by atoms with Crippen molar-refractivity contribution in [3.8, 4) is 0 Å². The van der Waals surface area contributed by atoms with Gasteiger partial charge in [0.25, 0.3) is 0 Å². The first-order valence-corrected chi connectivity index (χ1v) is 10.2. The summed E-state index contributed by atoms with van der Waals surface area (Å²) in [7, 11) is -3.23. The van der Waals surface area contributed by atoms with E-state index in [0.29, 0.717) is 6.42 Å². The van der Waals surface area contributed by atoms with Crippen LogP contribution >= 0.6 is 11.8 Å². The van der Waals surface area contributed by atoms with E-state index < -0.39 is 27.5 Å². The Labute approximate surface area is 143 Å². The molecule has 0 unspecified atom stereocenters. The maximum atomic E-state index is 14.2. The Morgan fingerprint density at radius 1 is 1.38 bits per heavy atom. The van der Waals surface area contributed by atoms with Crippen LogP contribution in [0.25, 0.3) is 0 Å². The normalized spacial score (nSPS) is 26.8. The molecule has 130 valence electrons. The van der Waals surface area contributed by atoms with Crippen LogP contribution in [0.5, 0.6) is 0 Å². The fraction of sp³-hybridized carbons (Fsp3) is 0.467. The van der Waals surface area contributed by atoms with Gasteiger partial charge in [-0.2, -0.15) is 4.99 Å². The monoisotopic (exact) mass is 374 g/mol. The van der Waals surface area contributed by atoms with Gasteiger partial charge in [-0.15, -0.1) is 0 Å². The molecule has 2 aliphatic rings. The smallest absolute Gasteiger partial charge is 0.248 e. The van der Waals surface area contributed by atoms with Crippen molar-refractivity contribution in [3.63, 3.8) is 0 Å². The molecular weight excluding hydrogens is 358 g/mol. The first kappa shape index (κ1) is 17.3. The predicted molar refractivity (Wildman–Crippen MR) is 90.0 cm³/mol. The highest BCUT2D eigenvalue weighted by atomic mass is 32.2. The largest absolute Gasteiger partial charge is 0.313 e. The Bertz CT molecular complexity index is 811. The Balaban J connectivity index is 2.03. The van der Waals surface area contributed by atoms with Gasteiger partial charge >= 0.3 is 0 Å². The highest BCUT2D eigenvalue weighted by molar-refractivity contribution is 8.16. The van der Waals surface area contributed by atoms with Crippen molar-refractivity contribution in [3.05, 3.63) is 29.8 Å². The van der Waals surface area contributed by atoms with Gasteiger partial charge in [-0.25, -0.2) is 17.2 Å². The number of nitrogens with zero attached hydrogens (tertiary/aromatic N) is 2. The first-order chi connectivity index (χ1) is 11.3. The molecule has 3 rings (SSSR count). The van der Waals surface area contributed by atoms with Crippen LogP contribution in [-0.4, -0.2) is 42.3 Å². The van der Waals surface area contributed by atoms with Crippen LogP contribution in [0.15, 0.2) is 23.2 Å². The minimum Gasteiger partial charge on any atom is -0.313 e. The number of carbonyl (C=O) groups excluding carboxylic acids is 1. The lowest BCUT2D eigenvalue weighted by Crippen LogP contribution is -2.38. The van der Waals surface area contributed by atoms with Gasteiger partial charge in [0.1, 0.15) is 11.6 Å². The van der Waals surface area contributed by atoms with E-state index in [1.165, 1.54) is 22.7 Å². The summed E-state index contributed by atoms with van der Waals surface area (Å²) >= 11 is 1.17. The highest BCUT2D eigenvalue weighted by Crippen LogP contribution is 2.41. The van der Waals surface area contributed by atoms with Crippen LogP contribution in [0.3, 0.4) is 0 Å². The average Bonchev–Trinajstić information content (AvgIpc) is 2.91. The molecular formula is C15H16F2N2O3S2. The molecule has 1 aromatic rings. The van der Waals surface area contributed by atoms with Crippen molar-refractivity contribution in [2.24, 2.45) is 4.99 Å². The van der Waals surface area contributed by atoms with Crippen molar-refractivity contribution >= 4 is 38.4 Å². The maximum Gasteiger partial charge on any atom is 0.248 e. The number of anilines is 1. The summed E-state index contributed by atoms with van der Waals surface area (Å²) in [6, 6.07) is 2.58. The molecule has 0 bridgehead atoms. The average molecular weight is 374 g/mol. The fourth-order valence-corrected chi connectivity index (χ4v) is 6.82. The minimum absolute atomic E-state index is 0.0385. The van der Waals surface area contributed by atoms with Crippen LogP contribution in [0.2, 0.25) is 0 Å². The number of halogens is 2. The third-order valence-electron chi connectivity index (χ3n) is 3.92. The third kappa shape index (κ3) is 3.32. The summed E-state index contributed by atoms with van der Waals surface area (Å²) in [6.45, 7) is 1.85. The van der Waals surface area contributed by atoms with E-state index in [9.17, 15) is 22.0 Å². The Hall–Kier alpha value is -1.48. The molecule has 0 aromatic heterocycles. The Kier molecular flexibility index (Phi) is 4.65. The quantitative estimate of drug-likeness (QED) is 0.813. The first-order valence-electron chi connectivity index (χ1n) is 7.53. The number of amides is 1. The number of carbonyl (C=O) groups is 1. The fourth-order valence-electron chi connectivity index (χ4n) is 2.90. The van der Waals surface area contributed by atoms with Gasteiger partial charge in [0.15, 0.2) is 15.0 Å². The number of sulfone groups is 1. The molecule has 0 aliphatic carbocycles. The van der Waals surface area contributed by atoms with E-state index >= 15 is 0 Å². The van der Waals surface area contributed by atoms with Crippen LogP contribution in [-0.2, 0) is 14.6 Å². The third-order valence-corrected chi connectivity index (χ3v) is 7.13. The summed E-state index contributed by atoms with van der Waals surface area (Å²) in [4.78, 5) is 17.3. The minimum atomic E-state index is -3.23. The molecule has 2 atom stereocenters. The van der Waals surface area contributed by atoms with Crippen molar-refractivity contribution < 1.29 is 22.0 Å². The predicted octanol–water partition coefficient (Wildman–Crippen LogP) is 2.37. The van der Waals surface area contributed by atoms with E-state index in [4.69, 9.17) is 0 Å². The zero-order valence-electron chi connectivity index (χ0n) is 12.9. The number of rotatable bonds is 3. The van der Waals surface area contributed by atoms with Crippen molar-refractivity contribution in [2.75, 3.05) is 16.4 Å². The molecule has 0 N–H and O–H groups in total. The van der Waals surface area contributed by atoms with E-state index in [1.54, 1.807) is 0 Å². The molecule has 1 aromatic carbocycles. The molecule has 24 heavy (non-hydrogen) atoms. The van der Waals surface area contributed by atoms with Gasteiger partial charge in [0, 0.05) is 17.7 Å². The van der Waals surface area contributed by atoms with Crippen molar-refractivity contribution in [2.45, 2.75) is 31.1 Å². The number of fused-ring (bicyclic) bond motifs is 1. The highest BCUT2D eigenvalue weighted by Gasteiger charge is 2.49. The number of amidine groups is 1. The Morgan fingerprint density at radius 3 is 2.79 bits per heavy atom.